The highest BCUT2D eigenvalue weighted by atomic mass is 35.5. The predicted octanol–water partition coefficient (Wildman–Crippen LogP) is 2.87. The van der Waals surface area contributed by atoms with Gasteiger partial charge in [-0.05, 0) is 37.1 Å². The van der Waals surface area contributed by atoms with Gasteiger partial charge in [-0.2, -0.15) is 0 Å². The zero-order chi connectivity index (χ0) is 13.3. The largest absolute Gasteiger partial charge is 0.440 e. The minimum absolute atomic E-state index is 0.0535. The number of carbonyl (C=O) groups is 1. The third-order valence-corrected chi connectivity index (χ3v) is 3.85. The van der Waals surface area contributed by atoms with Gasteiger partial charge >= 0.3 is 0 Å². The summed E-state index contributed by atoms with van der Waals surface area (Å²) in [5, 5.41) is 3.18. The molecule has 1 saturated carbocycles. The van der Waals surface area contributed by atoms with E-state index in [9.17, 15) is 4.79 Å². The molecule has 1 aromatic heterocycles. The first-order valence-electron chi connectivity index (χ1n) is 6.13. The van der Waals surface area contributed by atoms with Crippen LogP contribution in [0.2, 0.25) is 5.22 Å². The van der Waals surface area contributed by atoms with Crippen molar-refractivity contribution in [2.24, 2.45) is 5.41 Å². The summed E-state index contributed by atoms with van der Waals surface area (Å²) in [5.74, 6) is 0.0191. The molecule has 0 aliphatic heterocycles. The molecule has 1 heterocycles. The third-order valence-electron chi connectivity index (χ3n) is 3.65. The molecular formula is C13H18ClNO3. The van der Waals surface area contributed by atoms with E-state index in [1.807, 2.05) is 6.92 Å². The Morgan fingerprint density at radius 3 is 2.83 bits per heavy atom. The van der Waals surface area contributed by atoms with Crippen molar-refractivity contribution in [3.63, 3.8) is 0 Å². The summed E-state index contributed by atoms with van der Waals surface area (Å²) in [5.41, 5.74) is -0.0535. The van der Waals surface area contributed by atoms with Gasteiger partial charge in [0.2, 0.25) is 0 Å². The lowest BCUT2D eigenvalue weighted by atomic mass is 9.64. The lowest BCUT2D eigenvalue weighted by molar-refractivity contribution is -0.111. The van der Waals surface area contributed by atoms with Gasteiger partial charge in [-0.1, -0.05) is 13.8 Å². The van der Waals surface area contributed by atoms with E-state index in [-0.39, 0.29) is 34.4 Å². The second-order valence-electron chi connectivity index (χ2n) is 5.13. The summed E-state index contributed by atoms with van der Waals surface area (Å²) in [4.78, 5) is 11.9. The Bertz CT molecular complexity index is 441. The van der Waals surface area contributed by atoms with Crippen LogP contribution in [0.4, 0.5) is 0 Å². The van der Waals surface area contributed by atoms with Crippen LogP contribution in [-0.4, -0.2) is 24.7 Å². The Hall–Kier alpha value is -1.00. The maximum atomic E-state index is 11.9. The molecule has 0 bridgehead atoms. The number of rotatable bonds is 4. The SMILES string of the molecule is CCOC1CC(NC(=O)c2ccc(Cl)o2)C1(C)C. The topological polar surface area (TPSA) is 51.5 Å². The number of nitrogens with one attached hydrogen (secondary N) is 1. The van der Waals surface area contributed by atoms with Gasteiger partial charge in [0, 0.05) is 18.1 Å². The summed E-state index contributed by atoms with van der Waals surface area (Å²) in [6, 6.07) is 3.24. The van der Waals surface area contributed by atoms with Crippen LogP contribution in [0.15, 0.2) is 16.5 Å². The van der Waals surface area contributed by atoms with Crippen molar-refractivity contribution < 1.29 is 13.9 Å². The molecule has 1 aliphatic carbocycles. The average Bonchev–Trinajstić information content (AvgIpc) is 2.74. The average molecular weight is 272 g/mol. The lowest BCUT2D eigenvalue weighted by Gasteiger charge is -2.51. The zero-order valence-electron chi connectivity index (χ0n) is 10.8. The molecule has 1 aromatic rings. The van der Waals surface area contributed by atoms with Gasteiger partial charge in [-0.25, -0.2) is 0 Å². The molecule has 0 saturated heterocycles. The fraction of sp³-hybridized carbons (Fsp3) is 0.615. The predicted molar refractivity (Wildman–Crippen MR) is 68.8 cm³/mol. The molecule has 2 atom stereocenters. The summed E-state index contributed by atoms with van der Waals surface area (Å²) in [7, 11) is 0. The van der Waals surface area contributed by atoms with E-state index in [2.05, 4.69) is 19.2 Å². The molecule has 0 aromatic carbocycles. The monoisotopic (exact) mass is 271 g/mol. The molecule has 18 heavy (non-hydrogen) atoms. The van der Waals surface area contributed by atoms with E-state index in [4.69, 9.17) is 20.8 Å². The number of amides is 1. The second-order valence-corrected chi connectivity index (χ2v) is 5.50. The van der Waals surface area contributed by atoms with Crippen LogP contribution in [0, 0.1) is 5.41 Å². The van der Waals surface area contributed by atoms with Crippen LogP contribution >= 0.6 is 11.6 Å². The zero-order valence-corrected chi connectivity index (χ0v) is 11.6. The van der Waals surface area contributed by atoms with Gasteiger partial charge < -0.3 is 14.5 Å². The summed E-state index contributed by atoms with van der Waals surface area (Å²) >= 11 is 5.64. The van der Waals surface area contributed by atoms with Crippen molar-refractivity contribution in [2.75, 3.05) is 6.61 Å². The second kappa shape index (κ2) is 4.94. The highest BCUT2D eigenvalue weighted by Crippen LogP contribution is 2.42. The van der Waals surface area contributed by atoms with E-state index in [1.54, 1.807) is 12.1 Å². The molecule has 1 fully saturated rings. The van der Waals surface area contributed by atoms with E-state index < -0.39 is 0 Å². The Kier molecular flexibility index (Phi) is 3.69. The van der Waals surface area contributed by atoms with Crippen LogP contribution in [0.5, 0.6) is 0 Å². The van der Waals surface area contributed by atoms with Crippen LogP contribution < -0.4 is 5.32 Å². The molecule has 1 amide bonds. The highest BCUT2D eigenvalue weighted by Gasteiger charge is 2.49. The third kappa shape index (κ3) is 2.40. The van der Waals surface area contributed by atoms with Crippen LogP contribution in [0.3, 0.4) is 0 Å². The minimum Gasteiger partial charge on any atom is -0.440 e. The molecule has 1 N–H and O–H groups in total. The van der Waals surface area contributed by atoms with E-state index in [1.165, 1.54) is 0 Å². The van der Waals surface area contributed by atoms with E-state index in [0.717, 1.165) is 6.42 Å². The molecule has 100 valence electrons. The van der Waals surface area contributed by atoms with E-state index >= 15 is 0 Å². The Labute approximate surface area is 112 Å². The number of hydrogen-bond acceptors (Lipinski definition) is 3. The van der Waals surface area contributed by atoms with Crippen molar-refractivity contribution in [1.82, 2.24) is 5.32 Å². The van der Waals surface area contributed by atoms with Gasteiger partial charge in [-0.3, -0.25) is 4.79 Å². The minimum atomic E-state index is -0.227. The quantitative estimate of drug-likeness (QED) is 0.916. The molecule has 4 nitrogen and oxygen atoms in total. The summed E-state index contributed by atoms with van der Waals surface area (Å²) in [6.07, 6.45) is 1.04. The molecule has 2 unspecified atom stereocenters. The molecule has 0 radical (unpaired) electrons. The lowest BCUT2D eigenvalue weighted by Crippen LogP contribution is -2.62. The van der Waals surface area contributed by atoms with Crippen molar-refractivity contribution in [3.05, 3.63) is 23.1 Å². The fourth-order valence-electron chi connectivity index (χ4n) is 2.28. The summed E-state index contributed by atoms with van der Waals surface area (Å²) < 4.78 is 10.7. The Morgan fingerprint density at radius 1 is 1.61 bits per heavy atom. The standard InChI is InChI=1S/C13H18ClNO3/c1-4-17-10-7-9(13(10,2)3)15-12(16)8-5-6-11(14)18-8/h5-6,9-10H,4,7H2,1-3H3,(H,15,16). The van der Waals surface area contributed by atoms with E-state index in [0.29, 0.717) is 6.61 Å². The highest BCUT2D eigenvalue weighted by molar-refractivity contribution is 6.29. The van der Waals surface area contributed by atoms with Crippen molar-refractivity contribution >= 4 is 17.5 Å². The maximum absolute atomic E-state index is 11.9. The number of halogens is 1. The number of furan rings is 1. The molecule has 0 spiro atoms. The first-order valence-corrected chi connectivity index (χ1v) is 6.50. The summed E-state index contributed by atoms with van der Waals surface area (Å²) in [6.45, 7) is 6.86. The van der Waals surface area contributed by atoms with Crippen molar-refractivity contribution in [1.29, 1.82) is 0 Å². The van der Waals surface area contributed by atoms with Gasteiger partial charge in [0.05, 0.1) is 6.10 Å². The van der Waals surface area contributed by atoms with Crippen molar-refractivity contribution in [2.45, 2.75) is 39.3 Å². The smallest absolute Gasteiger partial charge is 0.287 e. The first-order chi connectivity index (χ1) is 8.45. The number of carbonyl (C=O) groups excluding carboxylic acids is 1. The molecule has 2 rings (SSSR count). The number of hydrogen-bond donors (Lipinski definition) is 1. The van der Waals surface area contributed by atoms with Crippen LogP contribution in [0.25, 0.3) is 0 Å². The fourth-order valence-corrected chi connectivity index (χ4v) is 2.43. The Morgan fingerprint density at radius 2 is 2.33 bits per heavy atom. The van der Waals surface area contributed by atoms with Gasteiger partial charge in [0.15, 0.2) is 11.0 Å². The van der Waals surface area contributed by atoms with Gasteiger partial charge in [0.1, 0.15) is 0 Å². The normalized spacial score (nSPS) is 25.6. The maximum Gasteiger partial charge on any atom is 0.287 e. The first kappa shape index (κ1) is 13.4. The van der Waals surface area contributed by atoms with Crippen LogP contribution in [-0.2, 0) is 4.74 Å². The molecule has 5 heteroatoms. The van der Waals surface area contributed by atoms with Gasteiger partial charge in [0.25, 0.3) is 5.91 Å². The van der Waals surface area contributed by atoms with Gasteiger partial charge in [-0.15, -0.1) is 0 Å². The molecule has 1 aliphatic rings. The molecular weight excluding hydrogens is 254 g/mol. The van der Waals surface area contributed by atoms with Crippen LogP contribution in [0.1, 0.15) is 37.7 Å². The van der Waals surface area contributed by atoms with Crippen molar-refractivity contribution in [3.8, 4) is 0 Å². The number of ether oxygens (including phenoxy) is 1. The Balaban J connectivity index is 1.94.